The lowest BCUT2D eigenvalue weighted by Crippen LogP contribution is -2.36. The van der Waals surface area contributed by atoms with E-state index in [1.807, 2.05) is 47.7 Å². The third-order valence-electron chi connectivity index (χ3n) is 11.7. The van der Waals surface area contributed by atoms with E-state index in [-0.39, 0.29) is 12.2 Å². The van der Waals surface area contributed by atoms with Gasteiger partial charge in [0.15, 0.2) is 11.7 Å². The Morgan fingerprint density at radius 2 is 1.18 bits per heavy atom. The molecular weight excluding hydrogens is 717 g/mol. The summed E-state index contributed by atoms with van der Waals surface area (Å²) in [5, 5.41) is 8.24. The highest BCUT2D eigenvalue weighted by Crippen LogP contribution is 2.50. The number of allylic oxidation sites excluding steroid dienone is 2. The number of hydrogen-bond acceptors (Lipinski definition) is 6. The molecule has 0 spiro atoms. The van der Waals surface area contributed by atoms with Gasteiger partial charge in [-0.15, -0.1) is 11.3 Å². The number of anilines is 2. The van der Waals surface area contributed by atoms with Gasteiger partial charge in [0.05, 0.1) is 11.7 Å². The van der Waals surface area contributed by atoms with E-state index in [9.17, 15) is 0 Å². The fourth-order valence-corrected chi connectivity index (χ4v) is 10.3. The molecule has 2 aromatic heterocycles. The van der Waals surface area contributed by atoms with Crippen molar-refractivity contribution in [2.45, 2.75) is 18.1 Å². The molecule has 1 N–H and O–H groups in total. The van der Waals surface area contributed by atoms with Gasteiger partial charge in [0, 0.05) is 59.2 Å². The number of nitrogens with zero attached hydrogens (tertiary/aromatic N) is 3. The zero-order chi connectivity index (χ0) is 37.5. The summed E-state index contributed by atoms with van der Waals surface area (Å²) < 4.78 is 9.28. The number of amidine groups is 2. The first-order chi connectivity index (χ1) is 28.2. The smallest absolute Gasteiger partial charge is 0.171 e. The van der Waals surface area contributed by atoms with Crippen LogP contribution in [0.5, 0.6) is 0 Å². The Morgan fingerprint density at radius 1 is 0.526 bits per heavy atom. The van der Waals surface area contributed by atoms with Crippen molar-refractivity contribution >= 4 is 76.5 Å². The predicted molar refractivity (Wildman–Crippen MR) is 237 cm³/mol. The largest absolute Gasteiger partial charge is 0.454 e. The van der Waals surface area contributed by atoms with E-state index in [4.69, 9.17) is 14.4 Å². The van der Waals surface area contributed by atoms with Gasteiger partial charge in [0.1, 0.15) is 17.3 Å². The molecule has 2 aliphatic heterocycles. The van der Waals surface area contributed by atoms with Crippen molar-refractivity contribution in [3.8, 4) is 11.1 Å². The van der Waals surface area contributed by atoms with E-state index < -0.39 is 0 Å². The molecule has 5 nitrogen and oxygen atoms in total. The first kappa shape index (κ1) is 32.2. The number of thiophene rings is 1. The normalized spacial score (nSPS) is 17.6. The van der Waals surface area contributed by atoms with Crippen molar-refractivity contribution in [3.05, 3.63) is 204 Å². The first-order valence-corrected chi connectivity index (χ1v) is 20.2. The maximum Gasteiger partial charge on any atom is 0.171 e. The van der Waals surface area contributed by atoms with Crippen molar-refractivity contribution < 1.29 is 4.42 Å². The second-order valence-electron chi connectivity index (χ2n) is 14.9. The van der Waals surface area contributed by atoms with Gasteiger partial charge >= 0.3 is 0 Å². The van der Waals surface area contributed by atoms with Gasteiger partial charge in [-0.3, -0.25) is 0 Å². The lowest BCUT2D eigenvalue weighted by Gasteiger charge is -2.28. The Labute approximate surface area is 333 Å². The average Bonchev–Trinajstić information content (AvgIpc) is 3.96. The second-order valence-corrected chi connectivity index (χ2v) is 16.0. The SMILES string of the molecule is C1=CC2c3ccccc3N(c3cccc4c3oc3cc(-c5ccc6c(c5)sc5c(C7N=C(c8ccccc8)NC(c8ccccc8)=N7)cccc56)ccc34)C2C=C1. The van der Waals surface area contributed by atoms with Crippen molar-refractivity contribution in [2.24, 2.45) is 9.98 Å². The second kappa shape index (κ2) is 12.8. The molecule has 9 aromatic rings. The van der Waals surface area contributed by atoms with Crippen LogP contribution >= 0.6 is 11.3 Å². The number of nitrogens with one attached hydrogen (secondary N) is 1. The van der Waals surface area contributed by atoms with Gasteiger partial charge in [0.25, 0.3) is 0 Å². The molecular formula is C51H34N4OS. The van der Waals surface area contributed by atoms with Crippen molar-refractivity contribution in [1.29, 1.82) is 0 Å². The quantitative estimate of drug-likeness (QED) is 0.191. The zero-order valence-corrected chi connectivity index (χ0v) is 31.5. The van der Waals surface area contributed by atoms with Crippen LogP contribution in [0.15, 0.2) is 196 Å². The molecule has 1 aliphatic carbocycles. The highest BCUT2D eigenvalue weighted by Gasteiger charge is 2.38. The molecule has 0 bridgehead atoms. The molecule has 12 rings (SSSR count). The molecule has 0 saturated heterocycles. The molecule has 57 heavy (non-hydrogen) atoms. The Kier molecular flexibility index (Phi) is 7.22. The zero-order valence-electron chi connectivity index (χ0n) is 30.7. The number of fused-ring (bicyclic) bond motifs is 9. The Hall–Kier alpha value is -7.02. The summed E-state index contributed by atoms with van der Waals surface area (Å²) in [5.74, 6) is 1.96. The van der Waals surface area contributed by atoms with E-state index >= 15 is 0 Å². The Bertz CT molecular complexity index is 3130. The summed E-state index contributed by atoms with van der Waals surface area (Å²) in [6.07, 6.45) is 8.58. The molecule has 4 heterocycles. The molecule has 2 unspecified atom stereocenters. The molecule has 7 aromatic carbocycles. The van der Waals surface area contributed by atoms with Gasteiger partial charge in [-0.2, -0.15) is 0 Å². The van der Waals surface area contributed by atoms with Crippen molar-refractivity contribution in [1.82, 2.24) is 5.32 Å². The Balaban J connectivity index is 0.941. The minimum Gasteiger partial charge on any atom is -0.454 e. The van der Waals surface area contributed by atoms with Crippen molar-refractivity contribution in [3.63, 3.8) is 0 Å². The van der Waals surface area contributed by atoms with Gasteiger partial charge in [-0.25, -0.2) is 9.98 Å². The standard InChI is InChI=1S/C51H34N4OS/c1-3-13-31(14-4-1)49-52-50(32-15-5-2-6-16-32)54-51(53-49)41-21-11-20-40-38-28-26-34(30-46(38)57-48(40)41)33-25-27-37-39-19-12-24-44(47(39)56-45(37)29-33)55-42-22-9-7-17-35(42)36-18-8-10-23-43(36)55/h1-30,35,42,51H,(H,52,53,54). The molecule has 0 saturated carbocycles. The Morgan fingerprint density at radius 3 is 1.98 bits per heavy atom. The number of furan rings is 1. The fraction of sp³-hybridized carbons (Fsp3) is 0.0588. The molecule has 3 aliphatic rings. The fourth-order valence-electron chi connectivity index (χ4n) is 9.00. The summed E-state index contributed by atoms with van der Waals surface area (Å²) in [4.78, 5) is 12.9. The topological polar surface area (TPSA) is 53.1 Å². The number of para-hydroxylation sites is 2. The van der Waals surface area contributed by atoms with Crippen LogP contribution < -0.4 is 10.2 Å². The minimum absolute atomic E-state index is 0.209. The summed E-state index contributed by atoms with van der Waals surface area (Å²) >= 11 is 1.81. The van der Waals surface area contributed by atoms with Crippen LogP contribution in [0.2, 0.25) is 0 Å². The number of aliphatic imine (C=N–C) groups is 2. The molecule has 2 atom stereocenters. The van der Waals surface area contributed by atoms with Crippen LogP contribution in [-0.2, 0) is 0 Å². The summed E-state index contributed by atoms with van der Waals surface area (Å²) in [7, 11) is 0. The van der Waals surface area contributed by atoms with Crippen LogP contribution in [-0.4, -0.2) is 17.7 Å². The van der Waals surface area contributed by atoms with E-state index in [1.165, 1.54) is 31.4 Å². The summed E-state index contributed by atoms with van der Waals surface area (Å²) in [6, 6.07) is 56.2. The van der Waals surface area contributed by atoms with E-state index in [0.717, 1.165) is 67.1 Å². The van der Waals surface area contributed by atoms with Crippen LogP contribution in [0, 0.1) is 0 Å². The third kappa shape index (κ3) is 5.14. The maximum atomic E-state index is 6.84. The first-order valence-electron chi connectivity index (χ1n) is 19.4. The van der Waals surface area contributed by atoms with Gasteiger partial charge in [-0.1, -0.05) is 152 Å². The van der Waals surface area contributed by atoms with Crippen LogP contribution in [0.3, 0.4) is 0 Å². The van der Waals surface area contributed by atoms with Crippen LogP contribution in [0.1, 0.15) is 34.3 Å². The summed E-state index contributed by atoms with van der Waals surface area (Å²) in [6.45, 7) is 0. The van der Waals surface area contributed by atoms with Gasteiger partial charge in [0.2, 0.25) is 0 Å². The molecule has 0 fully saturated rings. The van der Waals surface area contributed by atoms with E-state index in [0.29, 0.717) is 5.92 Å². The summed E-state index contributed by atoms with van der Waals surface area (Å²) in [5.41, 5.74) is 11.0. The van der Waals surface area contributed by atoms with Crippen molar-refractivity contribution in [2.75, 3.05) is 4.90 Å². The molecule has 0 amide bonds. The van der Waals surface area contributed by atoms with Crippen LogP contribution in [0.4, 0.5) is 11.4 Å². The van der Waals surface area contributed by atoms with E-state index in [1.54, 1.807) is 0 Å². The number of rotatable bonds is 5. The molecule has 270 valence electrons. The third-order valence-corrected chi connectivity index (χ3v) is 12.9. The lowest BCUT2D eigenvalue weighted by atomic mass is 9.91. The minimum atomic E-state index is -0.390. The van der Waals surface area contributed by atoms with Gasteiger partial charge in [-0.05, 0) is 47.0 Å². The van der Waals surface area contributed by atoms with E-state index in [2.05, 4.69) is 156 Å². The average molecular weight is 751 g/mol. The molecule has 6 heteroatoms. The highest BCUT2D eigenvalue weighted by molar-refractivity contribution is 7.26. The van der Waals surface area contributed by atoms with Crippen LogP contribution in [0.25, 0.3) is 53.2 Å². The predicted octanol–water partition coefficient (Wildman–Crippen LogP) is 12.8. The number of benzene rings is 7. The molecule has 0 radical (unpaired) electrons. The maximum absolute atomic E-state index is 6.84. The monoisotopic (exact) mass is 750 g/mol. The lowest BCUT2D eigenvalue weighted by molar-refractivity contribution is 0.664. The number of hydrogen-bond donors (Lipinski definition) is 1. The van der Waals surface area contributed by atoms with Gasteiger partial charge < -0.3 is 14.6 Å². The highest BCUT2D eigenvalue weighted by atomic mass is 32.1.